The second-order valence-electron chi connectivity index (χ2n) is 5.41. The van der Waals surface area contributed by atoms with Crippen LogP contribution in [0, 0.1) is 0 Å². The summed E-state index contributed by atoms with van der Waals surface area (Å²) in [5, 5.41) is 3.55. The van der Waals surface area contributed by atoms with E-state index in [1.165, 1.54) is 0 Å². The van der Waals surface area contributed by atoms with Crippen LogP contribution in [0.3, 0.4) is 0 Å². The summed E-state index contributed by atoms with van der Waals surface area (Å²) in [6, 6.07) is 17.2. The van der Waals surface area contributed by atoms with E-state index in [4.69, 9.17) is 32.4 Å². The van der Waals surface area contributed by atoms with Crippen LogP contribution < -0.4 is 10.1 Å². The fraction of sp³-hybridized carbons (Fsp3) is 0.158. The lowest BCUT2D eigenvalue weighted by Crippen LogP contribution is -2.80. The summed E-state index contributed by atoms with van der Waals surface area (Å²) in [6.07, 6.45) is 1.68. The van der Waals surface area contributed by atoms with E-state index in [0.717, 1.165) is 35.7 Å². The third-order valence-electron chi connectivity index (χ3n) is 3.65. The molecule has 2 aromatic carbocycles. The lowest BCUT2D eigenvalue weighted by atomic mass is 10.2. The summed E-state index contributed by atoms with van der Waals surface area (Å²) in [5.41, 5.74) is 2.00. The van der Waals surface area contributed by atoms with Gasteiger partial charge in [0.1, 0.15) is 25.4 Å². The highest BCUT2D eigenvalue weighted by atomic mass is 35.5. The van der Waals surface area contributed by atoms with Crippen molar-refractivity contribution in [1.29, 1.82) is 0 Å². The van der Waals surface area contributed by atoms with Crippen LogP contribution in [-0.2, 0) is 19.7 Å². The summed E-state index contributed by atoms with van der Waals surface area (Å²) in [4.78, 5) is 0. The fourth-order valence-electron chi connectivity index (χ4n) is 2.42. The zero-order valence-electron chi connectivity index (χ0n) is 13.0. The third-order valence-corrected chi connectivity index (χ3v) is 4.26. The van der Waals surface area contributed by atoms with Gasteiger partial charge in [0.25, 0.3) is 0 Å². The lowest BCUT2D eigenvalue weighted by molar-refractivity contribution is -0.688. The van der Waals surface area contributed by atoms with Gasteiger partial charge in [0.05, 0.1) is 6.26 Å². The molecule has 3 aromatic rings. The molecule has 24 heavy (non-hydrogen) atoms. The molecule has 0 fully saturated rings. The van der Waals surface area contributed by atoms with Gasteiger partial charge < -0.3 is 14.5 Å². The molecule has 0 unspecified atom stereocenters. The number of benzene rings is 2. The molecular formula is C19H18Cl2NO2+. The van der Waals surface area contributed by atoms with Gasteiger partial charge in [0, 0.05) is 21.2 Å². The summed E-state index contributed by atoms with van der Waals surface area (Å²) in [5.74, 6) is 1.76. The number of rotatable bonds is 7. The van der Waals surface area contributed by atoms with E-state index in [2.05, 4.69) is 5.32 Å². The average molecular weight is 363 g/mol. The predicted molar refractivity (Wildman–Crippen MR) is 95.3 cm³/mol. The van der Waals surface area contributed by atoms with Crippen molar-refractivity contribution < 1.29 is 14.5 Å². The van der Waals surface area contributed by atoms with Crippen LogP contribution in [0.4, 0.5) is 0 Å². The largest absolute Gasteiger partial charge is 0.488 e. The second-order valence-corrected chi connectivity index (χ2v) is 6.25. The van der Waals surface area contributed by atoms with Crippen molar-refractivity contribution in [2.45, 2.75) is 19.7 Å². The molecule has 1 heterocycles. The minimum absolute atomic E-state index is 0.423. The van der Waals surface area contributed by atoms with Crippen molar-refractivity contribution in [3.8, 4) is 5.75 Å². The van der Waals surface area contributed by atoms with Crippen LogP contribution in [0.2, 0.25) is 10.0 Å². The minimum Gasteiger partial charge on any atom is -0.488 e. The molecule has 3 nitrogen and oxygen atoms in total. The lowest BCUT2D eigenvalue weighted by Gasteiger charge is -2.12. The van der Waals surface area contributed by atoms with Gasteiger partial charge in [-0.15, -0.1) is 0 Å². The number of furan rings is 1. The van der Waals surface area contributed by atoms with Crippen LogP contribution in [0.1, 0.15) is 16.9 Å². The van der Waals surface area contributed by atoms with Gasteiger partial charge in [-0.05, 0) is 36.4 Å². The Morgan fingerprint density at radius 3 is 2.58 bits per heavy atom. The molecule has 124 valence electrons. The molecule has 0 amide bonds. The van der Waals surface area contributed by atoms with Crippen molar-refractivity contribution in [1.82, 2.24) is 0 Å². The maximum absolute atomic E-state index is 6.18. The van der Waals surface area contributed by atoms with Crippen LogP contribution in [0.25, 0.3) is 0 Å². The van der Waals surface area contributed by atoms with Gasteiger partial charge in [-0.25, -0.2) is 0 Å². The molecule has 2 N–H and O–H groups in total. The van der Waals surface area contributed by atoms with E-state index in [0.29, 0.717) is 16.7 Å². The monoisotopic (exact) mass is 362 g/mol. The minimum atomic E-state index is 0.423. The molecule has 0 aliphatic rings. The Morgan fingerprint density at radius 1 is 0.917 bits per heavy atom. The Kier molecular flexibility index (Phi) is 5.81. The van der Waals surface area contributed by atoms with E-state index in [9.17, 15) is 0 Å². The molecule has 0 radical (unpaired) electrons. The number of hydrogen-bond acceptors (Lipinski definition) is 2. The van der Waals surface area contributed by atoms with Crippen molar-refractivity contribution in [2.24, 2.45) is 0 Å². The first-order valence-electron chi connectivity index (χ1n) is 7.71. The molecular weight excluding hydrogens is 345 g/mol. The molecule has 1 aromatic heterocycles. The third kappa shape index (κ3) is 4.54. The average Bonchev–Trinajstić information content (AvgIpc) is 3.09. The number of quaternary nitrogens is 1. The van der Waals surface area contributed by atoms with Gasteiger partial charge in [0.15, 0.2) is 5.76 Å². The second kappa shape index (κ2) is 8.25. The quantitative estimate of drug-likeness (QED) is 0.675. The molecule has 3 rings (SSSR count). The summed E-state index contributed by atoms with van der Waals surface area (Å²) >= 11 is 12.3. The highest BCUT2D eigenvalue weighted by Crippen LogP contribution is 2.24. The van der Waals surface area contributed by atoms with Crippen molar-refractivity contribution in [3.05, 3.63) is 87.8 Å². The van der Waals surface area contributed by atoms with E-state index in [1.54, 1.807) is 6.26 Å². The normalized spacial score (nSPS) is 10.8. The van der Waals surface area contributed by atoms with Crippen LogP contribution >= 0.6 is 23.2 Å². The Labute approximate surface area is 151 Å². The Morgan fingerprint density at radius 2 is 1.79 bits per heavy atom. The Hall–Kier alpha value is -1.94. The predicted octanol–water partition coefficient (Wildman–Crippen LogP) is 4.43. The van der Waals surface area contributed by atoms with E-state index in [1.807, 2.05) is 54.6 Å². The van der Waals surface area contributed by atoms with Crippen LogP contribution in [-0.4, -0.2) is 0 Å². The molecule has 0 spiro atoms. The molecule has 0 aliphatic heterocycles. The number of nitrogens with two attached hydrogens (primary N) is 1. The van der Waals surface area contributed by atoms with E-state index in [-0.39, 0.29) is 0 Å². The molecule has 0 saturated heterocycles. The number of halogens is 2. The topological polar surface area (TPSA) is 39.0 Å². The summed E-state index contributed by atoms with van der Waals surface area (Å²) < 4.78 is 11.3. The van der Waals surface area contributed by atoms with Gasteiger partial charge in [-0.1, -0.05) is 41.4 Å². The fourth-order valence-corrected chi connectivity index (χ4v) is 2.80. The first-order chi connectivity index (χ1) is 11.7. The molecule has 0 saturated carbocycles. The smallest absolute Gasteiger partial charge is 0.157 e. The van der Waals surface area contributed by atoms with Crippen molar-refractivity contribution >= 4 is 23.2 Å². The van der Waals surface area contributed by atoms with E-state index < -0.39 is 0 Å². The molecule has 0 atom stereocenters. The van der Waals surface area contributed by atoms with Crippen molar-refractivity contribution in [3.63, 3.8) is 0 Å². The number of hydrogen-bond donors (Lipinski definition) is 1. The van der Waals surface area contributed by atoms with Crippen molar-refractivity contribution in [2.75, 3.05) is 0 Å². The zero-order chi connectivity index (χ0) is 16.8. The summed E-state index contributed by atoms with van der Waals surface area (Å²) in [7, 11) is 0. The van der Waals surface area contributed by atoms with E-state index >= 15 is 0 Å². The highest BCUT2D eigenvalue weighted by molar-refractivity contribution is 6.31. The Bertz CT molecular complexity index is 788. The highest BCUT2D eigenvalue weighted by Gasteiger charge is 2.09. The SMILES string of the molecule is Clc1ccc(OCc2ccccc2Cl)c(C[NH2+]Cc2ccco2)c1. The van der Waals surface area contributed by atoms with Gasteiger partial charge in [-0.2, -0.15) is 0 Å². The Balaban J connectivity index is 1.65. The number of ether oxygens (including phenoxy) is 1. The maximum atomic E-state index is 6.18. The molecule has 0 aliphatic carbocycles. The van der Waals surface area contributed by atoms with Crippen LogP contribution in [0.5, 0.6) is 5.75 Å². The molecule has 5 heteroatoms. The zero-order valence-corrected chi connectivity index (χ0v) is 14.6. The van der Waals surface area contributed by atoms with Gasteiger partial charge >= 0.3 is 0 Å². The first-order valence-corrected chi connectivity index (χ1v) is 8.46. The standard InChI is InChI=1S/C19H17Cl2NO2/c20-16-7-8-19(24-13-14-4-1-2-6-18(14)21)15(10-16)11-22-12-17-5-3-9-23-17/h1-10,22H,11-13H2/p+1. The summed E-state index contributed by atoms with van der Waals surface area (Å²) in [6.45, 7) is 1.94. The first kappa shape index (κ1) is 16.9. The molecule has 0 bridgehead atoms. The van der Waals surface area contributed by atoms with Crippen LogP contribution in [0.15, 0.2) is 65.3 Å². The van der Waals surface area contributed by atoms with Gasteiger partial charge in [-0.3, -0.25) is 0 Å². The van der Waals surface area contributed by atoms with Gasteiger partial charge in [0.2, 0.25) is 0 Å². The maximum Gasteiger partial charge on any atom is 0.157 e.